The highest BCUT2D eigenvalue weighted by molar-refractivity contribution is 7.89. The molecule has 18 heavy (non-hydrogen) atoms. The van der Waals surface area contributed by atoms with Gasteiger partial charge in [-0.2, -0.15) is 0 Å². The SMILES string of the molecule is Cc1cc(CNS(=O)(=O)c2ccc(=O)[nH]c2)on1. The fraction of sp³-hybridized carbons (Fsp3) is 0.200. The van der Waals surface area contributed by atoms with E-state index in [1.165, 1.54) is 6.07 Å². The summed E-state index contributed by atoms with van der Waals surface area (Å²) in [5.41, 5.74) is 0.313. The Bertz CT molecular complexity index is 681. The van der Waals surface area contributed by atoms with E-state index in [0.717, 1.165) is 12.3 Å². The molecule has 2 aromatic rings. The van der Waals surface area contributed by atoms with Gasteiger partial charge in [-0.3, -0.25) is 4.79 Å². The third-order valence-corrected chi connectivity index (χ3v) is 3.58. The Morgan fingerprint density at radius 3 is 2.78 bits per heavy atom. The Kier molecular flexibility index (Phi) is 3.30. The summed E-state index contributed by atoms with van der Waals surface area (Å²) in [7, 11) is -3.67. The second-order valence-corrected chi connectivity index (χ2v) is 5.41. The summed E-state index contributed by atoms with van der Waals surface area (Å²) in [5, 5.41) is 3.64. The van der Waals surface area contributed by atoms with E-state index in [1.54, 1.807) is 13.0 Å². The number of rotatable bonds is 4. The largest absolute Gasteiger partial charge is 0.360 e. The molecule has 0 fully saturated rings. The quantitative estimate of drug-likeness (QED) is 0.822. The molecule has 0 spiro atoms. The summed E-state index contributed by atoms with van der Waals surface area (Å²) in [6.07, 6.45) is 1.14. The van der Waals surface area contributed by atoms with Gasteiger partial charge >= 0.3 is 0 Å². The summed E-state index contributed by atoms with van der Waals surface area (Å²) < 4.78 is 30.9. The van der Waals surface area contributed by atoms with Gasteiger partial charge in [0.2, 0.25) is 15.6 Å². The minimum absolute atomic E-state index is 0.00228. The normalized spacial score (nSPS) is 11.6. The van der Waals surface area contributed by atoms with Gasteiger partial charge in [0.1, 0.15) is 0 Å². The minimum atomic E-state index is -3.67. The molecule has 2 rings (SSSR count). The van der Waals surface area contributed by atoms with E-state index in [1.807, 2.05) is 0 Å². The van der Waals surface area contributed by atoms with E-state index in [0.29, 0.717) is 11.5 Å². The molecule has 0 saturated heterocycles. The predicted molar refractivity (Wildman–Crippen MR) is 62.3 cm³/mol. The number of nitrogens with zero attached hydrogens (tertiary/aromatic N) is 1. The van der Waals surface area contributed by atoms with Gasteiger partial charge in [-0.05, 0) is 13.0 Å². The highest BCUT2D eigenvalue weighted by Gasteiger charge is 2.14. The molecule has 0 atom stereocenters. The van der Waals surface area contributed by atoms with Gasteiger partial charge in [-0.15, -0.1) is 0 Å². The Labute approximate surface area is 103 Å². The fourth-order valence-corrected chi connectivity index (χ4v) is 2.27. The van der Waals surface area contributed by atoms with Crippen molar-refractivity contribution in [3.63, 3.8) is 0 Å². The van der Waals surface area contributed by atoms with E-state index in [4.69, 9.17) is 4.52 Å². The molecule has 0 aromatic carbocycles. The standard InChI is InChI=1S/C10H11N3O4S/c1-7-4-8(17-13-7)5-12-18(15,16)9-2-3-10(14)11-6-9/h2-4,6,12H,5H2,1H3,(H,11,14). The first-order valence-corrected chi connectivity index (χ1v) is 6.56. The van der Waals surface area contributed by atoms with E-state index in [9.17, 15) is 13.2 Å². The van der Waals surface area contributed by atoms with Crippen LogP contribution < -0.4 is 10.3 Å². The van der Waals surface area contributed by atoms with Crippen molar-refractivity contribution in [3.05, 3.63) is 46.2 Å². The molecule has 0 saturated carbocycles. The third-order valence-electron chi connectivity index (χ3n) is 2.18. The van der Waals surface area contributed by atoms with Gasteiger partial charge in [0, 0.05) is 18.3 Å². The average molecular weight is 269 g/mol. The lowest BCUT2D eigenvalue weighted by Gasteiger charge is -2.03. The zero-order valence-electron chi connectivity index (χ0n) is 9.50. The van der Waals surface area contributed by atoms with Crippen LogP contribution in [0.2, 0.25) is 0 Å². The van der Waals surface area contributed by atoms with Crippen molar-refractivity contribution < 1.29 is 12.9 Å². The van der Waals surface area contributed by atoms with Crippen LogP contribution >= 0.6 is 0 Å². The molecule has 2 aromatic heterocycles. The van der Waals surface area contributed by atoms with Crippen LogP contribution in [0, 0.1) is 6.92 Å². The summed E-state index contributed by atoms with van der Waals surface area (Å²) >= 11 is 0. The predicted octanol–water partition coefficient (Wildman–Crippen LogP) is 0.150. The third kappa shape index (κ3) is 2.84. The van der Waals surface area contributed by atoms with E-state index >= 15 is 0 Å². The van der Waals surface area contributed by atoms with E-state index in [2.05, 4.69) is 14.9 Å². The zero-order valence-corrected chi connectivity index (χ0v) is 10.3. The van der Waals surface area contributed by atoms with Crippen LogP contribution in [0.15, 0.2) is 38.6 Å². The van der Waals surface area contributed by atoms with Crippen molar-refractivity contribution in [2.24, 2.45) is 0 Å². The van der Waals surface area contributed by atoms with Crippen molar-refractivity contribution in [1.82, 2.24) is 14.9 Å². The second kappa shape index (κ2) is 4.75. The summed E-state index contributed by atoms with van der Waals surface area (Å²) in [5.74, 6) is 0.417. The maximum atomic E-state index is 11.8. The number of pyridine rings is 1. The molecule has 0 unspecified atom stereocenters. The average Bonchev–Trinajstić information content (AvgIpc) is 2.73. The molecule has 0 amide bonds. The van der Waals surface area contributed by atoms with Gasteiger partial charge in [0.15, 0.2) is 5.76 Å². The number of sulfonamides is 1. The number of aromatic nitrogens is 2. The lowest BCUT2D eigenvalue weighted by Crippen LogP contribution is -2.23. The van der Waals surface area contributed by atoms with Gasteiger partial charge < -0.3 is 9.51 Å². The Hall–Kier alpha value is -1.93. The lowest BCUT2D eigenvalue weighted by molar-refractivity contribution is 0.377. The molecular weight excluding hydrogens is 258 g/mol. The summed E-state index contributed by atoms with van der Waals surface area (Å²) in [6.45, 7) is 1.74. The van der Waals surface area contributed by atoms with Gasteiger partial charge in [0.25, 0.3) is 0 Å². The van der Waals surface area contributed by atoms with Crippen LogP contribution in [0.1, 0.15) is 11.5 Å². The van der Waals surface area contributed by atoms with Crippen molar-refractivity contribution >= 4 is 10.0 Å². The molecule has 0 aliphatic rings. The first kappa shape index (κ1) is 12.5. The fourth-order valence-electron chi connectivity index (χ4n) is 1.31. The van der Waals surface area contributed by atoms with Crippen LogP contribution in [-0.4, -0.2) is 18.6 Å². The molecule has 2 N–H and O–H groups in total. The molecule has 7 nitrogen and oxygen atoms in total. The van der Waals surface area contributed by atoms with Crippen LogP contribution in [0.4, 0.5) is 0 Å². The topological polar surface area (TPSA) is 105 Å². The Morgan fingerprint density at radius 2 is 2.22 bits per heavy atom. The van der Waals surface area contributed by atoms with Gasteiger partial charge in [-0.25, -0.2) is 13.1 Å². The Morgan fingerprint density at radius 1 is 1.44 bits per heavy atom. The molecule has 0 aliphatic heterocycles. The highest BCUT2D eigenvalue weighted by atomic mass is 32.2. The van der Waals surface area contributed by atoms with Gasteiger partial charge in [-0.1, -0.05) is 5.16 Å². The number of aromatic amines is 1. The minimum Gasteiger partial charge on any atom is -0.360 e. The van der Waals surface area contributed by atoms with Crippen molar-refractivity contribution in [1.29, 1.82) is 0 Å². The molecule has 96 valence electrons. The van der Waals surface area contributed by atoms with Crippen molar-refractivity contribution in [2.75, 3.05) is 0 Å². The van der Waals surface area contributed by atoms with Gasteiger partial charge in [0.05, 0.1) is 17.1 Å². The van der Waals surface area contributed by atoms with Crippen molar-refractivity contribution in [2.45, 2.75) is 18.4 Å². The molecule has 0 bridgehead atoms. The molecular formula is C10H11N3O4S. The van der Waals surface area contributed by atoms with Crippen molar-refractivity contribution in [3.8, 4) is 0 Å². The first-order chi connectivity index (χ1) is 8.47. The van der Waals surface area contributed by atoms with E-state index in [-0.39, 0.29) is 17.0 Å². The van der Waals surface area contributed by atoms with E-state index < -0.39 is 10.0 Å². The Balaban J connectivity index is 2.12. The smallest absolute Gasteiger partial charge is 0.247 e. The monoisotopic (exact) mass is 269 g/mol. The molecule has 2 heterocycles. The highest BCUT2D eigenvalue weighted by Crippen LogP contribution is 2.07. The lowest BCUT2D eigenvalue weighted by atomic mass is 10.4. The van der Waals surface area contributed by atoms with Crippen LogP contribution in [-0.2, 0) is 16.6 Å². The number of aryl methyl sites for hydroxylation is 1. The summed E-state index contributed by atoms with van der Waals surface area (Å²) in [4.78, 5) is 13.1. The molecule has 8 heteroatoms. The number of nitrogens with one attached hydrogen (secondary N) is 2. The molecule has 0 aliphatic carbocycles. The van der Waals surface area contributed by atoms with Crippen LogP contribution in [0.3, 0.4) is 0 Å². The maximum absolute atomic E-state index is 11.8. The molecule has 0 radical (unpaired) electrons. The number of H-pyrrole nitrogens is 1. The van der Waals surface area contributed by atoms with Crippen LogP contribution in [0.5, 0.6) is 0 Å². The first-order valence-electron chi connectivity index (χ1n) is 5.08. The number of hydrogen-bond acceptors (Lipinski definition) is 5. The van der Waals surface area contributed by atoms with Crippen LogP contribution in [0.25, 0.3) is 0 Å². The second-order valence-electron chi connectivity index (χ2n) is 3.65. The number of hydrogen-bond donors (Lipinski definition) is 2. The summed E-state index contributed by atoms with van der Waals surface area (Å²) in [6, 6.07) is 4.01. The zero-order chi connectivity index (χ0) is 13.2. The maximum Gasteiger partial charge on any atom is 0.247 e.